The first kappa shape index (κ1) is 16.3. The van der Waals surface area contributed by atoms with Gasteiger partial charge in [-0.15, -0.1) is 0 Å². The number of hydrogen-bond donors (Lipinski definition) is 0. The molecule has 1 aromatic carbocycles. The average molecular weight is 336 g/mol. The number of carbonyl (C=O) groups excluding carboxylic acids is 2. The van der Waals surface area contributed by atoms with Gasteiger partial charge in [0.15, 0.2) is 11.6 Å². The van der Waals surface area contributed by atoms with Crippen LogP contribution in [0, 0.1) is 12.3 Å². The van der Waals surface area contributed by atoms with E-state index in [0.717, 1.165) is 47.5 Å². The van der Waals surface area contributed by atoms with Gasteiger partial charge in [0.25, 0.3) is 0 Å². The highest BCUT2D eigenvalue weighted by Gasteiger charge is 2.45. The predicted molar refractivity (Wildman–Crippen MR) is 95.9 cm³/mol. The van der Waals surface area contributed by atoms with Crippen LogP contribution in [-0.4, -0.2) is 11.6 Å². The van der Waals surface area contributed by atoms with Crippen molar-refractivity contribution in [3.63, 3.8) is 0 Å². The molecular weight excluding hydrogens is 312 g/mol. The molecule has 3 heteroatoms. The topological polar surface area (TPSA) is 43.4 Å². The molecule has 130 valence electrons. The van der Waals surface area contributed by atoms with Crippen molar-refractivity contribution in [2.75, 3.05) is 0 Å². The zero-order valence-electron chi connectivity index (χ0n) is 15.1. The van der Waals surface area contributed by atoms with Crippen LogP contribution in [-0.2, 0) is 14.3 Å². The van der Waals surface area contributed by atoms with Crippen molar-refractivity contribution in [3.05, 3.63) is 58.1 Å². The summed E-state index contributed by atoms with van der Waals surface area (Å²) in [6.45, 7) is 6.26. The standard InChI is InChI=1S/C22H24O3/c1-13-7-9-14(10-8-13)19-20-15(23)5-4-6-17(20)25-18-12-22(2,3)11-16(24)21(18)19/h7-10,19H,4-6,11-12H2,1-3H3. The predicted octanol–water partition coefficient (Wildman–Crippen LogP) is 4.76. The molecule has 0 bridgehead atoms. The van der Waals surface area contributed by atoms with E-state index in [4.69, 9.17) is 4.74 Å². The number of rotatable bonds is 1. The van der Waals surface area contributed by atoms with Gasteiger partial charge in [0.1, 0.15) is 11.5 Å². The summed E-state index contributed by atoms with van der Waals surface area (Å²) >= 11 is 0. The molecule has 0 amide bonds. The summed E-state index contributed by atoms with van der Waals surface area (Å²) < 4.78 is 6.16. The molecule has 4 rings (SSSR count). The summed E-state index contributed by atoms with van der Waals surface area (Å²) in [6, 6.07) is 8.20. The van der Waals surface area contributed by atoms with E-state index in [1.165, 1.54) is 5.56 Å². The Kier molecular flexibility index (Phi) is 3.71. The van der Waals surface area contributed by atoms with Crippen molar-refractivity contribution in [2.45, 2.75) is 58.8 Å². The lowest BCUT2D eigenvalue weighted by molar-refractivity contribution is -0.119. The molecule has 1 aromatic rings. The van der Waals surface area contributed by atoms with E-state index in [0.29, 0.717) is 12.8 Å². The van der Waals surface area contributed by atoms with E-state index in [9.17, 15) is 9.59 Å². The van der Waals surface area contributed by atoms with Gasteiger partial charge in [0, 0.05) is 42.7 Å². The van der Waals surface area contributed by atoms with Gasteiger partial charge >= 0.3 is 0 Å². The first-order valence-corrected chi connectivity index (χ1v) is 9.13. The van der Waals surface area contributed by atoms with Gasteiger partial charge in [-0.1, -0.05) is 43.7 Å². The van der Waals surface area contributed by atoms with Crippen molar-refractivity contribution in [2.24, 2.45) is 5.41 Å². The third-order valence-electron chi connectivity index (χ3n) is 5.52. The summed E-state index contributed by atoms with van der Waals surface area (Å²) in [4.78, 5) is 25.7. The fourth-order valence-electron chi connectivity index (χ4n) is 4.34. The zero-order valence-corrected chi connectivity index (χ0v) is 15.1. The Bertz CT molecular complexity index is 821. The molecule has 1 aliphatic heterocycles. The second kappa shape index (κ2) is 5.69. The Morgan fingerprint density at radius 2 is 1.60 bits per heavy atom. The van der Waals surface area contributed by atoms with Crippen LogP contribution in [0.15, 0.2) is 46.9 Å². The van der Waals surface area contributed by atoms with E-state index in [1.807, 2.05) is 6.92 Å². The summed E-state index contributed by atoms with van der Waals surface area (Å²) in [6.07, 6.45) is 3.43. The largest absolute Gasteiger partial charge is 0.465 e. The lowest BCUT2D eigenvalue weighted by atomic mass is 9.68. The maximum Gasteiger partial charge on any atom is 0.163 e. The molecule has 0 aromatic heterocycles. The van der Waals surface area contributed by atoms with Gasteiger partial charge in [-0.25, -0.2) is 0 Å². The molecule has 3 aliphatic rings. The van der Waals surface area contributed by atoms with Crippen molar-refractivity contribution >= 4 is 11.6 Å². The van der Waals surface area contributed by atoms with Crippen LogP contribution in [0.25, 0.3) is 0 Å². The minimum atomic E-state index is -0.254. The number of hydrogen-bond acceptors (Lipinski definition) is 3. The summed E-state index contributed by atoms with van der Waals surface area (Å²) in [5.41, 5.74) is 3.55. The first-order chi connectivity index (χ1) is 11.9. The number of ketones is 2. The van der Waals surface area contributed by atoms with Crippen LogP contribution >= 0.6 is 0 Å². The Balaban J connectivity index is 1.90. The summed E-state index contributed by atoms with van der Waals surface area (Å²) in [5, 5.41) is 0. The Hall–Kier alpha value is -2.16. The van der Waals surface area contributed by atoms with Crippen LogP contribution in [0.4, 0.5) is 0 Å². The highest BCUT2D eigenvalue weighted by molar-refractivity contribution is 6.06. The lowest BCUT2D eigenvalue weighted by Crippen LogP contribution is -2.34. The van der Waals surface area contributed by atoms with Gasteiger partial charge in [-0.05, 0) is 24.3 Å². The summed E-state index contributed by atoms with van der Waals surface area (Å²) in [7, 11) is 0. The van der Waals surface area contributed by atoms with Gasteiger partial charge in [0.2, 0.25) is 0 Å². The number of benzene rings is 1. The fourth-order valence-corrected chi connectivity index (χ4v) is 4.34. The lowest BCUT2D eigenvalue weighted by Gasteiger charge is -2.40. The monoisotopic (exact) mass is 336 g/mol. The van der Waals surface area contributed by atoms with Crippen molar-refractivity contribution in [1.82, 2.24) is 0 Å². The number of aryl methyl sites for hydroxylation is 1. The minimum absolute atomic E-state index is 0.0928. The maximum atomic E-state index is 13.0. The van der Waals surface area contributed by atoms with E-state index in [-0.39, 0.29) is 22.9 Å². The van der Waals surface area contributed by atoms with Gasteiger partial charge in [-0.2, -0.15) is 0 Å². The molecule has 2 aliphatic carbocycles. The van der Waals surface area contributed by atoms with Crippen LogP contribution in [0.1, 0.15) is 63.0 Å². The molecule has 1 atom stereocenters. The van der Waals surface area contributed by atoms with E-state index < -0.39 is 0 Å². The van der Waals surface area contributed by atoms with Gasteiger partial charge in [0.05, 0.1) is 0 Å². The van der Waals surface area contributed by atoms with Crippen molar-refractivity contribution < 1.29 is 14.3 Å². The molecule has 0 fully saturated rings. The van der Waals surface area contributed by atoms with Crippen LogP contribution in [0.5, 0.6) is 0 Å². The van der Waals surface area contributed by atoms with E-state index in [1.54, 1.807) is 0 Å². The molecule has 3 nitrogen and oxygen atoms in total. The molecule has 25 heavy (non-hydrogen) atoms. The average Bonchev–Trinajstić information content (AvgIpc) is 2.53. The van der Waals surface area contributed by atoms with E-state index in [2.05, 4.69) is 38.1 Å². The second-order valence-electron chi connectivity index (χ2n) is 8.34. The number of ether oxygens (including phenoxy) is 1. The quantitative estimate of drug-likeness (QED) is 0.742. The van der Waals surface area contributed by atoms with Gasteiger partial charge < -0.3 is 4.74 Å². The molecule has 0 radical (unpaired) electrons. The highest BCUT2D eigenvalue weighted by atomic mass is 16.5. The SMILES string of the molecule is Cc1ccc(C2C3=C(CCCC3=O)OC3=C2C(=O)CC(C)(C)C3)cc1. The Labute approximate surface area is 148 Å². The third kappa shape index (κ3) is 2.76. The smallest absolute Gasteiger partial charge is 0.163 e. The molecule has 1 heterocycles. The molecule has 0 saturated carbocycles. The fraction of sp³-hybridized carbons (Fsp3) is 0.455. The Morgan fingerprint density at radius 1 is 0.920 bits per heavy atom. The number of Topliss-reactive ketones (excluding diaryl/α,β-unsaturated/α-hetero) is 2. The molecule has 0 N–H and O–H groups in total. The third-order valence-corrected chi connectivity index (χ3v) is 5.52. The second-order valence-corrected chi connectivity index (χ2v) is 8.34. The van der Waals surface area contributed by atoms with Crippen LogP contribution in [0.3, 0.4) is 0 Å². The van der Waals surface area contributed by atoms with Gasteiger partial charge in [-0.3, -0.25) is 9.59 Å². The van der Waals surface area contributed by atoms with Crippen molar-refractivity contribution in [1.29, 1.82) is 0 Å². The van der Waals surface area contributed by atoms with Crippen LogP contribution < -0.4 is 0 Å². The minimum Gasteiger partial charge on any atom is -0.465 e. The van der Waals surface area contributed by atoms with Crippen LogP contribution in [0.2, 0.25) is 0 Å². The zero-order chi connectivity index (χ0) is 17.8. The van der Waals surface area contributed by atoms with Crippen molar-refractivity contribution in [3.8, 4) is 0 Å². The Morgan fingerprint density at radius 3 is 2.32 bits per heavy atom. The summed E-state index contributed by atoms with van der Waals surface area (Å²) in [5.74, 6) is 1.60. The van der Waals surface area contributed by atoms with E-state index >= 15 is 0 Å². The molecule has 0 saturated heterocycles. The highest BCUT2D eigenvalue weighted by Crippen LogP contribution is 2.50. The molecular formula is C22H24O3. The molecule has 1 unspecified atom stereocenters. The first-order valence-electron chi connectivity index (χ1n) is 9.13. The number of allylic oxidation sites excluding steroid dienone is 4. The number of carbonyl (C=O) groups is 2. The molecule has 0 spiro atoms. The normalized spacial score (nSPS) is 25.5. The maximum absolute atomic E-state index is 13.0.